The molecule has 1 aromatic heterocycles. The SMILES string of the molecule is Cn1nncc1C(=O)C1(C)CCNCC1. The molecule has 1 aliphatic heterocycles. The number of nitrogens with one attached hydrogen (secondary N) is 1. The smallest absolute Gasteiger partial charge is 0.188 e. The van der Waals surface area contributed by atoms with Gasteiger partial charge in [0.05, 0.1) is 6.20 Å². The third-order valence-corrected chi connectivity index (χ3v) is 3.20. The summed E-state index contributed by atoms with van der Waals surface area (Å²) in [5, 5.41) is 10.8. The first-order valence-corrected chi connectivity index (χ1v) is 5.24. The van der Waals surface area contributed by atoms with Gasteiger partial charge in [0.25, 0.3) is 0 Å². The molecule has 1 aromatic rings. The molecular weight excluding hydrogens is 192 g/mol. The van der Waals surface area contributed by atoms with Crippen LogP contribution in [0, 0.1) is 5.41 Å². The van der Waals surface area contributed by atoms with Crippen LogP contribution in [0.15, 0.2) is 6.20 Å². The summed E-state index contributed by atoms with van der Waals surface area (Å²) in [6, 6.07) is 0. The molecule has 1 aliphatic rings. The number of hydrogen-bond acceptors (Lipinski definition) is 4. The van der Waals surface area contributed by atoms with Gasteiger partial charge in [0.1, 0.15) is 5.69 Å². The number of rotatable bonds is 2. The van der Waals surface area contributed by atoms with Gasteiger partial charge in [-0.2, -0.15) is 0 Å². The van der Waals surface area contributed by atoms with Gasteiger partial charge in [0, 0.05) is 12.5 Å². The zero-order valence-corrected chi connectivity index (χ0v) is 9.16. The van der Waals surface area contributed by atoms with E-state index in [1.165, 1.54) is 0 Å². The van der Waals surface area contributed by atoms with Gasteiger partial charge in [-0.15, -0.1) is 5.10 Å². The van der Waals surface area contributed by atoms with Gasteiger partial charge in [-0.05, 0) is 25.9 Å². The molecule has 1 N–H and O–H groups in total. The number of aryl methyl sites for hydroxylation is 1. The molecule has 5 nitrogen and oxygen atoms in total. The van der Waals surface area contributed by atoms with E-state index >= 15 is 0 Å². The number of carbonyl (C=O) groups is 1. The van der Waals surface area contributed by atoms with Crippen molar-refractivity contribution in [3.8, 4) is 0 Å². The first-order valence-electron chi connectivity index (χ1n) is 5.24. The van der Waals surface area contributed by atoms with Crippen molar-refractivity contribution >= 4 is 5.78 Å². The van der Waals surface area contributed by atoms with Gasteiger partial charge in [0.2, 0.25) is 0 Å². The summed E-state index contributed by atoms with van der Waals surface area (Å²) in [6.45, 7) is 3.85. The fourth-order valence-corrected chi connectivity index (χ4v) is 2.01. The van der Waals surface area contributed by atoms with Crippen molar-refractivity contribution in [3.63, 3.8) is 0 Å². The normalized spacial score (nSPS) is 20.1. The molecule has 15 heavy (non-hydrogen) atoms. The van der Waals surface area contributed by atoms with Gasteiger partial charge in [-0.1, -0.05) is 12.1 Å². The predicted molar refractivity (Wildman–Crippen MR) is 55.5 cm³/mol. The van der Waals surface area contributed by atoms with Crippen molar-refractivity contribution in [2.75, 3.05) is 13.1 Å². The van der Waals surface area contributed by atoms with Crippen molar-refractivity contribution in [1.29, 1.82) is 0 Å². The Morgan fingerprint density at radius 3 is 2.73 bits per heavy atom. The van der Waals surface area contributed by atoms with E-state index in [0.717, 1.165) is 25.9 Å². The Bertz CT molecular complexity index is 365. The molecule has 0 aliphatic carbocycles. The van der Waals surface area contributed by atoms with Gasteiger partial charge >= 0.3 is 0 Å². The quantitative estimate of drug-likeness (QED) is 0.714. The van der Waals surface area contributed by atoms with Crippen molar-refractivity contribution < 1.29 is 4.79 Å². The van der Waals surface area contributed by atoms with Crippen LogP contribution in [-0.4, -0.2) is 33.9 Å². The van der Waals surface area contributed by atoms with Crippen LogP contribution in [0.5, 0.6) is 0 Å². The second kappa shape index (κ2) is 3.73. The van der Waals surface area contributed by atoms with Gasteiger partial charge < -0.3 is 5.32 Å². The van der Waals surface area contributed by atoms with Gasteiger partial charge in [0.15, 0.2) is 5.78 Å². The molecule has 1 saturated heterocycles. The highest BCUT2D eigenvalue weighted by Gasteiger charge is 2.36. The average Bonchev–Trinajstić information content (AvgIpc) is 2.64. The fourth-order valence-electron chi connectivity index (χ4n) is 2.01. The number of Topliss-reactive ketones (excluding diaryl/α,β-unsaturated/α-hetero) is 1. The largest absolute Gasteiger partial charge is 0.317 e. The van der Waals surface area contributed by atoms with Crippen molar-refractivity contribution in [2.45, 2.75) is 19.8 Å². The Balaban J connectivity index is 2.23. The second-order valence-electron chi connectivity index (χ2n) is 4.38. The summed E-state index contributed by atoms with van der Waals surface area (Å²) in [7, 11) is 1.75. The number of carbonyl (C=O) groups excluding carboxylic acids is 1. The van der Waals surface area contributed by atoms with Crippen molar-refractivity contribution in [1.82, 2.24) is 20.3 Å². The van der Waals surface area contributed by atoms with Gasteiger partial charge in [-0.3, -0.25) is 4.79 Å². The first-order chi connectivity index (χ1) is 7.13. The maximum absolute atomic E-state index is 12.3. The van der Waals surface area contributed by atoms with E-state index in [-0.39, 0.29) is 11.2 Å². The lowest BCUT2D eigenvalue weighted by Crippen LogP contribution is -2.40. The van der Waals surface area contributed by atoms with E-state index in [9.17, 15) is 4.79 Å². The topological polar surface area (TPSA) is 59.8 Å². The molecule has 0 spiro atoms. The van der Waals surface area contributed by atoms with Crippen LogP contribution in [0.25, 0.3) is 0 Å². The molecule has 0 atom stereocenters. The summed E-state index contributed by atoms with van der Waals surface area (Å²) in [6.07, 6.45) is 3.32. The second-order valence-corrected chi connectivity index (χ2v) is 4.38. The minimum atomic E-state index is -0.249. The Hall–Kier alpha value is -1.23. The third kappa shape index (κ3) is 1.79. The van der Waals surface area contributed by atoms with E-state index in [2.05, 4.69) is 15.6 Å². The summed E-state index contributed by atoms with van der Waals surface area (Å²) >= 11 is 0. The summed E-state index contributed by atoms with van der Waals surface area (Å²) in [5.74, 6) is 0.163. The van der Waals surface area contributed by atoms with Gasteiger partial charge in [-0.25, -0.2) is 4.68 Å². The minimum absolute atomic E-state index is 0.163. The van der Waals surface area contributed by atoms with E-state index in [4.69, 9.17) is 0 Å². The summed E-state index contributed by atoms with van der Waals surface area (Å²) in [4.78, 5) is 12.3. The molecular formula is C10H16N4O. The molecule has 1 fully saturated rings. The molecule has 0 radical (unpaired) electrons. The Kier molecular flexibility index (Phi) is 2.56. The minimum Gasteiger partial charge on any atom is -0.317 e. The van der Waals surface area contributed by atoms with Crippen LogP contribution in [0.3, 0.4) is 0 Å². The van der Waals surface area contributed by atoms with E-state index in [0.29, 0.717) is 5.69 Å². The van der Waals surface area contributed by atoms with Crippen molar-refractivity contribution in [2.24, 2.45) is 12.5 Å². The molecule has 82 valence electrons. The molecule has 5 heteroatoms. The summed E-state index contributed by atoms with van der Waals surface area (Å²) < 4.78 is 1.55. The van der Waals surface area contributed by atoms with E-state index in [1.807, 2.05) is 6.92 Å². The van der Waals surface area contributed by atoms with Crippen molar-refractivity contribution in [3.05, 3.63) is 11.9 Å². The molecule has 0 amide bonds. The highest BCUT2D eigenvalue weighted by atomic mass is 16.1. The fraction of sp³-hybridized carbons (Fsp3) is 0.700. The first kappa shape index (κ1) is 10.3. The predicted octanol–water partition coefficient (Wildman–Crippen LogP) is 0.388. The molecule has 0 unspecified atom stereocenters. The zero-order chi connectivity index (χ0) is 10.9. The number of hydrogen-bond donors (Lipinski definition) is 1. The van der Waals surface area contributed by atoms with Crippen LogP contribution in [0.2, 0.25) is 0 Å². The number of piperidine rings is 1. The number of ketones is 1. The highest BCUT2D eigenvalue weighted by molar-refractivity contribution is 5.98. The third-order valence-electron chi connectivity index (χ3n) is 3.20. The van der Waals surface area contributed by atoms with Crippen LogP contribution in [0.4, 0.5) is 0 Å². The highest BCUT2D eigenvalue weighted by Crippen LogP contribution is 2.31. The zero-order valence-electron chi connectivity index (χ0n) is 9.16. The maximum Gasteiger partial charge on any atom is 0.188 e. The number of aromatic nitrogens is 3. The summed E-state index contributed by atoms with van der Waals surface area (Å²) in [5.41, 5.74) is 0.361. The molecule has 2 heterocycles. The molecule has 0 bridgehead atoms. The lowest BCUT2D eigenvalue weighted by Gasteiger charge is -2.32. The molecule has 2 rings (SSSR count). The number of nitrogens with zero attached hydrogens (tertiary/aromatic N) is 3. The Labute approximate surface area is 88.9 Å². The Morgan fingerprint density at radius 2 is 2.20 bits per heavy atom. The lowest BCUT2D eigenvalue weighted by molar-refractivity contribution is 0.0751. The molecule has 0 aromatic carbocycles. The van der Waals surface area contributed by atoms with E-state index in [1.54, 1.807) is 17.9 Å². The standard InChI is InChI=1S/C10H16N4O/c1-10(3-5-11-6-4-10)9(15)8-7-12-13-14(8)2/h7,11H,3-6H2,1-2H3. The van der Waals surface area contributed by atoms with Crippen LogP contribution < -0.4 is 5.32 Å². The Morgan fingerprint density at radius 1 is 1.53 bits per heavy atom. The average molecular weight is 208 g/mol. The van der Waals surface area contributed by atoms with Crippen LogP contribution in [-0.2, 0) is 7.05 Å². The van der Waals surface area contributed by atoms with Crippen LogP contribution >= 0.6 is 0 Å². The van der Waals surface area contributed by atoms with E-state index < -0.39 is 0 Å². The lowest BCUT2D eigenvalue weighted by atomic mass is 9.76. The monoisotopic (exact) mass is 208 g/mol. The molecule has 0 saturated carbocycles. The maximum atomic E-state index is 12.3. The van der Waals surface area contributed by atoms with Crippen LogP contribution in [0.1, 0.15) is 30.3 Å².